The molecule has 1 amide bonds. The van der Waals surface area contributed by atoms with Crippen LogP contribution in [0, 0.1) is 10.5 Å². The average molecular weight is 512 g/mol. The average Bonchev–Trinajstić information content (AvgIpc) is 3.60. The molecule has 0 unspecified atom stereocenters. The van der Waals surface area contributed by atoms with Crippen molar-refractivity contribution >= 4 is 44.9 Å². The summed E-state index contributed by atoms with van der Waals surface area (Å²) in [6.45, 7) is 5.58. The molecule has 6 heterocycles. The highest BCUT2D eigenvalue weighted by atomic mass is 32.1. The summed E-state index contributed by atoms with van der Waals surface area (Å²) in [6, 6.07) is 10.8. The van der Waals surface area contributed by atoms with Gasteiger partial charge in [-0.25, -0.2) is 4.98 Å². The van der Waals surface area contributed by atoms with Crippen LogP contribution in [0.2, 0.25) is 0 Å². The maximum Gasteiger partial charge on any atom is 0.229 e. The first-order valence-electron chi connectivity index (χ1n) is 11.6. The molecule has 0 fully saturated rings. The molecule has 0 spiro atoms. The predicted octanol–water partition coefficient (Wildman–Crippen LogP) is 6.42. The fourth-order valence-corrected chi connectivity index (χ4v) is 4.80. The van der Waals surface area contributed by atoms with Crippen LogP contribution >= 0.6 is 11.3 Å². The second-order valence-corrected chi connectivity index (χ2v) is 10.8. The highest BCUT2D eigenvalue weighted by molar-refractivity contribution is 7.14. The molecular weight excluding hydrogens is 489 g/mol. The van der Waals surface area contributed by atoms with Crippen molar-refractivity contribution < 1.29 is 9.18 Å². The summed E-state index contributed by atoms with van der Waals surface area (Å²) in [5.74, 6) is -0.0926. The zero-order chi connectivity index (χ0) is 25.7. The van der Waals surface area contributed by atoms with Crippen LogP contribution in [0.5, 0.6) is 0 Å². The van der Waals surface area contributed by atoms with E-state index >= 15 is 0 Å². The molecule has 3 N–H and O–H groups in total. The van der Waals surface area contributed by atoms with E-state index in [0.717, 1.165) is 49.5 Å². The van der Waals surface area contributed by atoms with E-state index in [1.807, 2.05) is 45.0 Å². The quantitative estimate of drug-likeness (QED) is 0.253. The minimum absolute atomic E-state index is 0.0926. The number of hydrogen-bond donors (Lipinski definition) is 3. The Kier molecular flexibility index (Phi) is 5.34. The Morgan fingerprint density at radius 1 is 1.00 bits per heavy atom. The van der Waals surface area contributed by atoms with Crippen molar-refractivity contribution in [1.82, 2.24) is 30.1 Å². The van der Waals surface area contributed by atoms with Crippen LogP contribution in [0.4, 0.5) is 10.1 Å². The lowest BCUT2D eigenvalue weighted by Crippen LogP contribution is -2.27. The number of aromatic nitrogens is 6. The number of H-pyrrole nitrogens is 2. The highest BCUT2D eigenvalue weighted by Gasteiger charge is 2.21. The summed E-state index contributed by atoms with van der Waals surface area (Å²) < 4.78 is 13.7. The first-order valence-corrected chi connectivity index (χ1v) is 12.4. The second kappa shape index (κ2) is 8.59. The van der Waals surface area contributed by atoms with Crippen molar-refractivity contribution in [3.63, 3.8) is 0 Å². The second-order valence-electron chi connectivity index (χ2n) is 9.77. The van der Waals surface area contributed by atoms with Gasteiger partial charge in [0.1, 0.15) is 11.2 Å². The smallest absolute Gasteiger partial charge is 0.229 e. The van der Waals surface area contributed by atoms with E-state index in [1.165, 1.54) is 6.07 Å². The molecule has 0 saturated carbocycles. The lowest BCUT2D eigenvalue weighted by molar-refractivity contribution is -0.123. The third kappa shape index (κ3) is 4.25. The fraction of sp³-hybridized carbons (Fsp3) is 0.148. The number of carbonyl (C=O) groups excluding carboxylic acids is 1. The number of fused-ring (bicyclic) bond motifs is 2. The molecule has 0 atom stereocenters. The largest absolute Gasteiger partial charge is 0.352 e. The molecule has 0 bridgehead atoms. The lowest BCUT2D eigenvalue weighted by Gasteiger charge is -2.17. The zero-order valence-corrected chi connectivity index (χ0v) is 21.1. The number of aromatic amines is 2. The van der Waals surface area contributed by atoms with Gasteiger partial charge in [0.05, 0.1) is 40.5 Å². The van der Waals surface area contributed by atoms with Crippen molar-refractivity contribution in [2.24, 2.45) is 5.41 Å². The molecule has 10 heteroatoms. The Hall–Kier alpha value is -4.44. The summed E-state index contributed by atoms with van der Waals surface area (Å²) >= 11 is 1.08. The number of pyridine rings is 3. The molecule has 37 heavy (non-hydrogen) atoms. The fourth-order valence-electron chi connectivity index (χ4n) is 4.05. The van der Waals surface area contributed by atoms with E-state index in [1.54, 1.807) is 30.9 Å². The van der Waals surface area contributed by atoms with Gasteiger partial charge in [-0.1, -0.05) is 20.8 Å². The molecule has 6 rings (SSSR count). The number of amides is 1. The van der Waals surface area contributed by atoms with E-state index in [2.05, 4.69) is 30.5 Å². The Morgan fingerprint density at radius 3 is 2.62 bits per heavy atom. The van der Waals surface area contributed by atoms with Crippen molar-refractivity contribution in [2.75, 3.05) is 5.32 Å². The normalized spacial score (nSPS) is 11.9. The summed E-state index contributed by atoms with van der Waals surface area (Å²) in [6.07, 6.45) is 6.80. The van der Waals surface area contributed by atoms with Gasteiger partial charge < -0.3 is 10.3 Å². The Morgan fingerprint density at radius 2 is 1.84 bits per heavy atom. The summed E-state index contributed by atoms with van der Waals surface area (Å²) in [5, 5.41) is 11.2. The molecule has 0 aliphatic carbocycles. The van der Waals surface area contributed by atoms with Gasteiger partial charge in [-0.05, 0) is 36.4 Å². The van der Waals surface area contributed by atoms with Crippen LogP contribution in [0.15, 0.2) is 61.2 Å². The SMILES string of the molecule is CC(C)(C)C(=O)Nc1cncc(-c2ccc3[nH]nc(-c4cc5c(-c6ccc(F)s6)cncc5[nH]4)c3n2)c1. The van der Waals surface area contributed by atoms with Crippen LogP contribution in [0.1, 0.15) is 20.8 Å². The van der Waals surface area contributed by atoms with Gasteiger partial charge in [0.2, 0.25) is 5.91 Å². The number of nitrogens with one attached hydrogen (secondary N) is 3. The molecular formula is C27H22FN7OS. The Labute approximate surface area is 215 Å². The van der Waals surface area contributed by atoms with Crippen molar-refractivity contribution in [3.05, 3.63) is 66.3 Å². The number of anilines is 1. The number of halogens is 1. The van der Waals surface area contributed by atoms with Gasteiger partial charge in [-0.3, -0.25) is 19.9 Å². The molecule has 6 aromatic rings. The minimum atomic E-state index is -0.522. The van der Waals surface area contributed by atoms with Crippen LogP contribution in [-0.2, 0) is 4.79 Å². The van der Waals surface area contributed by atoms with Crippen LogP contribution < -0.4 is 5.32 Å². The maximum atomic E-state index is 13.7. The number of nitrogens with zero attached hydrogens (tertiary/aromatic N) is 4. The topological polar surface area (TPSA) is 112 Å². The molecule has 184 valence electrons. The van der Waals surface area contributed by atoms with Gasteiger partial charge in [-0.2, -0.15) is 9.49 Å². The summed E-state index contributed by atoms with van der Waals surface area (Å²) in [5.41, 5.74) is 6.10. The van der Waals surface area contributed by atoms with Gasteiger partial charge in [-0.15, -0.1) is 11.3 Å². The number of rotatable bonds is 4. The molecule has 0 saturated heterocycles. The van der Waals surface area contributed by atoms with E-state index < -0.39 is 5.41 Å². The predicted molar refractivity (Wildman–Crippen MR) is 144 cm³/mol. The Bertz CT molecular complexity index is 1790. The van der Waals surface area contributed by atoms with Gasteiger partial charge in [0.25, 0.3) is 0 Å². The molecule has 0 radical (unpaired) electrons. The van der Waals surface area contributed by atoms with Crippen LogP contribution in [0.3, 0.4) is 0 Å². The van der Waals surface area contributed by atoms with Gasteiger partial charge >= 0.3 is 0 Å². The Balaban J connectivity index is 1.40. The van der Waals surface area contributed by atoms with E-state index in [4.69, 9.17) is 4.98 Å². The van der Waals surface area contributed by atoms with E-state index in [0.29, 0.717) is 22.6 Å². The third-order valence-corrected chi connectivity index (χ3v) is 6.93. The minimum Gasteiger partial charge on any atom is -0.352 e. The molecule has 0 aromatic carbocycles. The number of carbonyl (C=O) groups is 1. The summed E-state index contributed by atoms with van der Waals surface area (Å²) in [7, 11) is 0. The molecule has 8 nitrogen and oxygen atoms in total. The van der Waals surface area contributed by atoms with E-state index in [9.17, 15) is 9.18 Å². The van der Waals surface area contributed by atoms with E-state index in [-0.39, 0.29) is 11.0 Å². The molecule has 6 aromatic heterocycles. The standard InChI is InChI=1S/C27H22FN7OS/c1-27(2,3)26(36)31-15-8-14(10-29-11-15)18-4-5-19-24(33-18)25(35-34-19)20-9-16-17(12-30-13-21(16)32-20)22-6-7-23(28)37-22/h4-13,32H,1-3H3,(H,31,36)(H,34,35). The van der Waals surface area contributed by atoms with Crippen molar-refractivity contribution in [1.29, 1.82) is 0 Å². The third-order valence-electron chi connectivity index (χ3n) is 6.02. The zero-order valence-electron chi connectivity index (χ0n) is 20.3. The van der Waals surface area contributed by atoms with Crippen LogP contribution in [-0.4, -0.2) is 36.0 Å². The molecule has 0 aliphatic heterocycles. The first-order chi connectivity index (χ1) is 17.8. The number of hydrogen-bond acceptors (Lipinski definition) is 6. The van der Waals surface area contributed by atoms with Crippen molar-refractivity contribution in [2.45, 2.75) is 20.8 Å². The summed E-state index contributed by atoms with van der Waals surface area (Å²) in [4.78, 5) is 30.1. The number of thiophene rings is 1. The molecule has 0 aliphatic rings. The monoisotopic (exact) mass is 511 g/mol. The van der Waals surface area contributed by atoms with Gasteiger partial charge in [0.15, 0.2) is 5.13 Å². The van der Waals surface area contributed by atoms with Gasteiger partial charge in [0, 0.05) is 39.2 Å². The van der Waals surface area contributed by atoms with Crippen molar-refractivity contribution in [3.8, 4) is 33.1 Å². The lowest BCUT2D eigenvalue weighted by atomic mass is 9.95. The highest BCUT2D eigenvalue weighted by Crippen LogP contribution is 2.36. The van der Waals surface area contributed by atoms with Crippen LogP contribution in [0.25, 0.3) is 55.0 Å². The maximum absolute atomic E-state index is 13.7. The first kappa shape index (κ1) is 23.0.